The van der Waals surface area contributed by atoms with Crippen LogP contribution in [-0.2, 0) is 4.79 Å². The summed E-state index contributed by atoms with van der Waals surface area (Å²) in [6.45, 7) is 2.53. The maximum absolute atomic E-state index is 13.6. The Bertz CT molecular complexity index is 492. The molecule has 0 heterocycles. The van der Waals surface area contributed by atoms with E-state index in [2.05, 4.69) is 21.2 Å². The number of hydrogen-bond acceptors (Lipinski definition) is 2. The Kier molecular flexibility index (Phi) is 4.39. The average Bonchev–Trinajstić information content (AvgIpc) is 3.17. The quantitative estimate of drug-likeness (QED) is 0.840. The van der Waals surface area contributed by atoms with Gasteiger partial charge in [0.25, 0.3) is 0 Å². The molecule has 1 aliphatic carbocycles. The van der Waals surface area contributed by atoms with E-state index in [9.17, 15) is 13.6 Å². The van der Waals surface area contributed by atoms with E-state index in [1.165, 1.54) is 0 Å². The number of hydrogen-bond donors (Lipinski definition) is 1. The number of likely N-dealkylation sites (N-methyl/N-ethyl adjacent to an activating group) is 1. The first kappa shape index (κ1) is 14.2. The van der Waals surface area contributed by atoms with Crippen LogP contribution in [0.2, 0.25) is 0 Å². The van der Waals surface area contributed by atoms with E-state index in [4.69, 9.17) is 0 Å². The summed E-state index contributed by atoms with van der Waals surface area (Å²) >= 11 is 2.90. The second-order valence-corrected chi connectivity index (χ2v) is 5.36. The van der Waals surface area contributed by atoms with E-state index in [1.54, 1.807) is 4.90 Å². The number of halogens is 3. The summed E-state index contributed by atoms with van der Waals surface area (Å²) in [5.41, 5.74) is 0.000833. The molecule has 1 saturated carbocycles. The third kappa shape index (κ3) is 3.43. The average molecular weight is 333 g/mol. The molecule has 2 rings (SSSR count). The number of amides is 1. The molecule has 104 valence electrons. The Morgan fingerprint density at radius 1 is 1.42 bits per heavy atom. The van der Waals surface area contributed by atoms with Crippen LogP contribution in [-0.4, -0.2) is 29.9 Å². The number of nitrogens with one attached hydrogen (secondary N) is 1. The van der Waals surface area contributed by atoms with Crippen molar-refractivity contribution in [2.45, 2.75) is 25.8 Å². The molecule has 0 saturated heterocycles. The Balaban J connectivity index is 1.98. The third-order valence-electron chi connectivity index (χ3n) is 3.09. The van der Waals surface area contributed by atoms with Crippen molar-refractivity contribution in [3.63, 3.8) is 0 Å². The summed E-state index contributed by atoms with van der Waals surface area (Å²) in [7, 11) is 0. The molecule has 1 aromatic carbocycles. The molecular formula is C13H15BrF2N2O. The summed E-state index contributed by atoms with van der Waals surface area (Å²) in [6.07, 6.45) is 2.06. The normalized spacial score (nSPS) is 14.3. The zero-order chi connectivity index (χ0) is 14.0. The van der Waals surface area contributed by atoms with Crippen LogP contribution in [0.1, 0.15) is 19.8 Å². The molecule has 0 spiro atoms. The van der Waals surface area contributed by atoms with E-state index in [-0.39, 0.29) is 22.6 Å². The van der Waals surface area contributed by atoms with Crippen LogP contribution in [0.3, 0.4) is 0 Å². The summed E-state index contributed by atoms with van der Waals surface area (Å²) in [5, 5.41) is 2.65. The molecule has 1 amide bonds. The first-order chi connectivity index (χ1) is 9.02. The fourth-order valence-corrected chi connectivity index (χ4v) is 2.27. The van der Waals surface area contributed by atoms with Crippen molar-refractivity contribution >= 4 is 27.5 Å². The van der Waals surface area contributed by atoms with Crippen LogP contribution in [0.15, 0.2) is 16.6 Å². The molecule has 1 aliphatic rings. The van der Waals surface area contributed by atoms with Crippen molar-refractivity contribution in [2.24, 2.45) is 0 Å². The number of carbonyl (C=O) groups excluding carboxylic acids is 1. The van der Waals surface area contributed by atoms with Crippen molar-refractivity contribution in [1.29, 1.82) is 0 Å². The van der Waals surface area contributed by atoms with Gasteiger partial charge in [-0.3, -0.25) is 4.79 Å². The van der Waals surface area contributed by atoms with Gasteiger partial charge >= 0.3 is 0 Å². The van der Waals surface area contributed by atoms with Gasteiger partial charge in [-0.15, -0.1) is 0 Å². The lowest BCUT2D eigenvalue weighted by Gasteiger charge is -2.20. The molecule has 1 fully saturated rings. The van der Waals surface area contributed by atoms with Gasteiger partial charge in [0.05, 0.1) is 16.7 Å². The van der Waals surface area contributed by atoms with Crippen molar-refractivity contribution in [3.8, 4) is 0 Å². The Morgan fingerprint density at radius 2 is 2.11 bits per heavy atom. The molecule has 0 aliphatic heterocycles. The minimum atomic E-state index is -0.587. The van der Waals surface area contributed by atoms with Crippen LogP contribution >= 0.6 is 15.9 Å². The van der Waals surface area contributed by atoms with E-state index in [0.29, 0.717) is 12.6 Å². The highest BCUT2D eigenvalue weighted by atomic mass is 79.9. The van der Waals surface area contributed by atoms with E-state index in [1.807, 2.05) is 6.92 Å². The molecule has 0 unspecified atom stereocenters. The van der Waals surface area contributed by atoms with E-state index < -0.39 is 11.6 Å². The minimum absolute atomic E-state index is 0.000833. The Morgan fingerprint density at radius 3 is 2.68 bits per heavy atom. The van der Waals surface area contributed by atoms with Crippen LogP contribution < -0.4 is 5.32 Å². The van der Waals surface area contributed by atoms with Crippen LogP contribution in [0.4, 0.5) is 14.5 Å². The number of benzene rings is 1. The summed E-state index contributed by atoms with van der Waals surface area (Å²) in [5.74, 6) is -1.24. The first-order valence-corrected chi connectivity index (χ1v) is 7.00. The highest BCUT2D eigenvalue weighted by Crippen LogP contribution is 2.27. The van der Waals surface area contributed by atoms with Crippen molar-refractivity contribution < 1.29 is 13.6 Å². The first-order valence-electron chi connectivity index (χ1n) is 6.20. The summed E-state index contributed by atoms with van der Waals surface area (Å²) in [6, 6.07) is 2.41. The number of anilines is 1. The zero-order valence-electron chi connectivity index (χ0n) is 10.5. The number of nitrogens with zero attached hydrogens (tertiary/aromatic N) is 1. The molecule has 0 bridgehead atoms. The maximum atomic E-state index is 13.6. The van der Waals surface area contributed by atoms with E-state index in [0.717, 1.165) is 25.0 Å². The fraction of sp³-hybridized carbons (Fsp3) is 0.462. The van der Waals surface area contributed by atoms with Crippen LogP contribution in [0.5, 0.6) is 0 Å². The third-order valence-corrected chi connectivity index (χ3v) is 3.70. The predicted molar refractivity (Wildman–Crippen MR) is 73.0 cm³/mol. The monoisotopic (exact) mass is 332 g/mol. The molecule has 1 N–H and O–H groups in total. The standard InChI is InChI=1S/C13H15BrF2N2O/c1-2-18(8-3-4-8)13(19)7-17-12-6-10(15)9(14)5-11(12)16/h5-6,8,17H,2-4,7H2,1H3. The molecule has 19 heavy (non-hydrogen) atoms. The maximum Gasteiger partial charge on any atom is 0.242 e. The molecule has 3 nitrogen and oxygen atoms in total. The van der Waals surface area contributed by atoms with Crippen LogP contribution in [0, 0.1) is 11.6 Å². The van der Waals surface area contributed by atoms with Gasteiger partial charge in [-0.25, -0.2) is 8.78 Å². The van der Waals surface area contributed by atoms with Gasteiger partial charge in [0, 0.05) is 18.7 Å². The Labute approximate surface area is 119 Å². The molecule has 0 aromatic heterocycles. The number of carbonyl (C=O) groups is 1. The highest BCUT2D eigenvalue weighted by molar-refractivity contribution is 9.10. The number of rotatable bonds is 5. The molecule has 6 heteroatoms. The van der Waals surface area contributed by atoms with Gasteiger partial charge in [0.2, 0.25) is 5.91 Å². The van der Waals surface area contributed by atoms with Crippen molar-refractivity contribution in [1.82, 2.24) is 4.90 Å². The van der Waals surface area contributed by atoms with Crippen LogP contribution in [0.25, 0.3) is 0 Å². The Hall–Kier alpha value is -1.17. The van der Waals surface area contributed by atoms with Crippen molar-refractivity contribution in [2.75, 3.05) is 18.4 Å². The van der Waals surface area contributed by atoms with Gasteiger partial charge in [0.1, 0.15) is 11.6 Å². The highest BCUT2D eigenvalue weighted by Gasteiger charge is 2.31. The molecule has 0 atom stereocenters. The second kappa shape index (κ2) is 5.86. The summed E-state index contributed by atoms with van der Waals surface area (Å²) in [4.78, 5) is 13.7. The predicted octanol–water partition coefficient (Wildman–Crippen LogP) is 3.15. The summed E-state index contributed by atoms with van der Waals surface area (Å²) < 4.78 is 26.9. The zero-order valence-corrected chi connectivity index (χ0v) is 12.1. The topological polar surface area (TPSA) is 32.3 Å². The second-order valence-electron chi connectivity index (χ2n) is 4.51. The lowest BCUT2D eigenvalue weighted by Crippen LogP contribution is -2.37. The molecule has 0 radical (unpaired) electrons. The van der Waals surface area contributed by atoms with Gasteiger partial charge < -0.3 is 10.2 Å². The van der Waals surface area contributed by atoms with Crippen molar-refractivity contribution in [3.05, 3.63) is 28.2 Å². The lowest BCUT2D eigenvalue weighted by molar-refractivity contribution is -0.129. The largest absolute Gasteiger partial charge is 0.374 e. The smallest absolute Gasteiger partial charge is 0.242 e. The minimum Gasteiger partial charge on any atom is -0.374 e. The molecule has 1 aromatic rings. The van der Waals surface area contributed by atoms with Gasteiger partial charge in [-0.1, -0.05) is 0 Å². The molecular weight excluding hydrogens is 318 g/mol. The van der Waals surface area contributed by atoms with Gasteiger partial charge in [-0.2, -0.15) is 0 Å². The SMILES string of the molecule is CCN(C(=O)CNc1cc(F)c(Br)cc1F)C1CC1. The fourth-order valence-electron chi connectivity index (χ4n) is 1.95. The lowest BCUT2D eigenvalue weighted by atomic mass is 10.3. The van der Waals surface area contributed by atoms with Gasteiger partial charge in [-0.05, 0) is 41.8 Å². The van der Waals surface area contributed by atoms with E-state index >= 15 is 0 Å². The van der Waals surface area contributed by atoms with Gasteiger partial charge in [0.15, 0.2) is 0 Å².